The predicted molar refractivity (Wildman–Crippen MR) is 66.7 cm³/mol. The van der Waals surface area contributed by atoms with Gasteiger partial charge in [-0.15, -0.1) is 0 Å². The minimum absolute atomic E-state index is 0.201. The zero-order valence-electron chi connectivity index (χ0n) is 11.1. The third-order valence-corrected chi connectivity index (χ3v) is 3.61. The summed E-state index contributed by atoms with van der Waals surface area (Å²) in [4.78, 5) is 4.53. The van der Waals surface area contributed by atoms with E-state index >= 15 is 0 Å². The van der Waals surface area contributed by atoms with Gasteiger partial charge in [-0.3, -0.25) is 0 Å². The van der Waals surface area contributed by atoms with Crippen LogP contribution in [0.15, 0.2) is 4.52 Å². The largest absolute Gasteiger partial charge is 0.338 e. The molecule has 4 heteroatoms. The van der Waals surface area contributed by atoms with Gasteiger partial charge in [-0.05, 0) is 31.2 Å². The minimum atomic E-state index is 0.201. The molecule has 1 aliphatic rings. The van der Waals surface area contributed by atoms with Gasteiger partial charge in [-0.2, -0.15) is 4.98 Å². The maximum absolute atomic E-state index is 5.41. The first-order chi connectivity index (χ1) is 8.13. The van der Waals surface area contributed by atoms with Gasteiger partial charge in [0.1, 0.15) is 0 Å². The molecule has 1 saturated heterocycles. The molecule has 2 heterocycles. The second kappa shape index (κ2) is 5.17. The molecule has 0 spiro atoms. The van der Waals surface area contributed by atoms with Crippen LogP contribution in [0.4, 0.5) is 0 Å². The maximum atomic E-state index is 5.41. The summed E-state index contributed by atoms with van der Waals surface area (Å²) in [6.07, 6.45) is 5.64. The number of aryl methyl sites for hydroxylation is 1. The Hall–Kier alpha value is -0.900. The highest BCUT2D eigenvalue weighted by Crippen LogP contribution is 2.39. The van der Waals surface area contributed by atoms with Crippen LogP contribution in [0.1, 0.15) is 64.2 Å². The lowest BCUT2D eigenvalue weighted by Gasteiger charge is -2.36. The number of rotatable bonds is 4. The summed E-state index contributed by atoms with van der Waals surface area (Å²) in [6.45, 7) is 7.74. The molecule has 0 saturated carbocycles. The average Bonchev–Trinajstić information content (AvgIpc) is 2.74. The van der Waals surface area contributed by atoms with Crippen molar-refractivity contribution < 1.29 is 4.52 Å². The number of unbranched alkanes of at least 4 members (excludes halogenated alkanes) is 1. The van der Waals surface area contributed by atoms with Gasteiger partial charge in [0.05, 0.1) is 6.04 Å². The van der Waals surface area contributed by atoms with E-state index in [1.807, 2.05) is 0 Å². The van der Waals surface area contributed by atoms with E-state index in [0.29, 0.717) is 0 Å². The van der Waals surface area contributed by atoms with E-state index < -0.39 is 0 Å². The Balaban J connectivity index is 2.07. The Morgan fingerprint density at radius 2 is 2.29 bits per heavy atom. The van der Waals surface area contributed by atoms with Crippen molar-refractivity contribution in [2.75, 3.05) is 6.54 Å². The van der Waals surface area contributed by atoms with E-state index in [-0.39, 0.29) is 11.5 Å². The summed E-state index contributed by atoms with van der Waals surface area (Å²) >= 11 is 0. The average molecular weight is 237 g/mol. The first-order valence-electron chi connectivity index (χ1n) is 6.69. The minimum Gasteiger partial charge on any atom is -0.338 e. The van der Waals surface area contributed by atoms with Crippen LogP contribution in [0, 0.1) is 5.41 Å². The number of hydrogen-bond acceptors (Lipinski definition) is 4. The Morgan fingerprint density at radius 3 is 3.00 bits per heavy atom. The highest BCUT2D eigenvalue weighted by atomic mass is 16.5. The third-order valence-electron chi connectivity index (χ3n) is 3.61. The van der Waals surface area contributed by atoms with Crippen LogP contribution in [0.25, 0.3) is 0 Å². The lowest BCUT2D eigenvalue weighted by atomic mass is 9.77. The smallest absolute Gasteiger partial charge is 0.244 e. The Morgan fingerprint density at radius 1 is 1.47 bits per heavy atom. The lowest BCUT2D eigenvalue weighted by molar-refractivity contribution is 0.146. The summed E-state index contributed by atoms with van der Waals surface area (Å²) in [6, 6.07) is 0.208. The molecule has 2 rings (SSSR count). The van der Waals surface area contributed by atoms with Crippen LogP contribution < -0.4 is 5.32 Å². The second-order valence-electron chi connectivity index (χ2n) is 5.63. The molecule has 4 nitrogen and oxygen atoms in total. The summed E-state index contributed by atoms with van der Waals surface area (Å²) in [7, 11) is 0. The van der Waals surface area contributed by atoms with E-state index in [1.165, 1.54) is 12.8 Å². The van der Waals surface area contributed by atoms with Crippen LogP contribution in [0.3, 0.4) is 0 Å². The molecule has 1 unspecified atom stereocenters. The Labute approximate surface area is 103 Å². The van der Waals surface area contributed by atoms with Crippen LogP contribution >= 0.6 is 0 Å². The highest BCUT2D eigenvalue weighted by molar-refractivity contribution is 5.01. The van der Waals surface area contributed by atoms with Gasteiger partial charge in [-0.25, -0.2) is 0 Å². The standard InChI is InChI=1S/C13H23N3O/c1-4-5-7-10-15-12(17-16-10)11-13(2,3)8-6-9-14-11/h11,14H,4-9H2,1-3H3. The van der Waals surface area contributed by atoms with Crippen LogP contribution in [-0.4, -0.2) is 16.7 Å². The maximum Gasteiger partial charge on any atom is 0.244 e. The van der Waals surface area contributed by atoms with Crippen molar-refractivity contribution in [3.8, 4) is 0 Å². The Bertz CT molecular complexity index is 359. The van der Waals surface area contributed by atoms with Crippen molar-refractivity contribution in [2.24, 2.45) is 5.41 Å². The number of piperidine rings is 1. The van der Waals surface area contributed by atoms with Crippen LogP contribution in [0.2, 0.25) is 0 Å². The first-order valence-corrected chi connectivity index (χ1v) is 6.69. The number of nitrogens with one attached hydrogen (secondary N) is 1. The van der Waals surface area contributed by atoms with Gasteiger partial charge in [0.25, 0.3) is 0 Å². The monoisotopic (exact) mass is 237 g/mol. The molecule has 1 aromatic heterocycles. The fourth-order valence-corrected chi connectivity index (χ4v) is 2.45. The third kappa shape index (κ3) is 2.86. The van der Waals surface area contributed by atoms with Gasteiger partial charge >= 0.3 is 0 Å². The quantitative estimate of drug-likeness (QED) is 0.874. The molecule has 0 amide bonds. The van der Waals surface area contributed by atoms with Crippen molar-refractivity contribution in [3.05, 3.63) is 11.7 Å². The number of nitrogens with zero attached hydrogens (tertiary/aromatic N) is 2. The molecule has 0 aliphatic carbocycles. The normalized spacial score (nSPS) is 23.8. The van der Waals surface area contributed by atoms with Gasteiger partial charge in [-0.1, -0.05) is 32.3 Å². The summed E-state index contributed by atoms with van der Waals surface area (Å²) in [5, 5.41) is 7.57. The summed E-state index contributed by atoms with van der Waals surface area (Å²) in [5.74, 6) is 1.62. The van der Waals surface area contributed by atoms with Crippen LogP contribution in [-0.2, 0) is 6.42 Å². The van der Waals surface area contributed by atoms with Gasteiger partial charge in [0.2, 0.25) is 5.89 Å². The van der Waals surface area contributed by atoms with Gasteiger partial charge in [0, 0.05) is 6.42 Å². The number of hydrogen-bond donors (Lipinski definition) is 1. The predicted octanol–water partition coefficient (Wildman–Crippen LogP) is 2.86. The van der Waals surface area contributed by atoms with E-state index in [4.69, 9.17) is 4.52 Å². The SMILES string of the molecule is CCCCc1noc(C2NCCCC2(C)C)n1. The lowest BCUT2D eigenvalue weighted by Crippen LogP contribution is -2.39. The van der Waals surface area contributed by atoms with Crippen LogP contribution in [0.5, 0.6) is 0 Å². The van der Waals surface area contributed by atoms with Gasteiger partial charge < -0.3 is 9.84 Å². The highest BCUT2D eigenvalue weighted by Gasteiger charge is 2.36. The second-order valence-corrected chi connectivity index (χ2v) is 5.63. The van der Waals surface area contributed by atoms with Crippen molar-refractivity contribution in [3.63, 3.8) is 0 Å². The molecular formula is C13H23N3O. The van der Waals surface area contributed by atoms with E-state index in [0.717, 1.165) is 37.5 Å². The fraction of sp³-hybridized carbons (Fsp3) is 0.846. The molecule has 0 aromatic carbocycles. The fourth-order valence-electron chi connectivity index (χ4n) is 2.45. The molecule has 17 heavy (non-hydrogen) atoms. The van der Waals surface area contributed by atoms with Crippen molar-refractivity contribution in [1.82, 2.24) is 15.5 Å². The molecule has 1 N–H and O–H groups in total. The molecule has 1 fully saturated rings. The molecule has 1 aliphatic heterocycles. The van der Waals surface area contributed by atoms with E-state index in [9.17, 15) is 0 Å². The summed E-state index contributed by atoms with van der Waals surface area (Å²) < 4.78 is 5.41. The molecule has 0 radical (unpaired) electrons. The van der Waals surface area contributed by atoms with E-state index in [1.54, 1.807) is 0 Å². The topological polar surface area (TPSA) is 51.0 Å². The summed E-state index contributed by atoms with van der Waals surface area (Å²) in [5.41, 5.74) is 0.201. The zero-order chi connectivity index (χ0) is 12.3. The number of aromatic nitrogens is 2. The Kier molecular flexibility index (Phi) is 3.82. The van der Waals surface area contributed by atoms with E-state index in [2.05, 4.69) is 36.2 Å². The van der Waals surface area contributed by atoms with Crippen molar-refractivity contribution >= 4 is 0 Å². The molecule has 96 valence electrons. The molecule has 1 aromatic rings. The first kappa shape index (κ1) is 12.6. The van der Waals surface area contributed by atoms with Gasteiger partial charge in [0.15, 0.2) is 5.82 Å². The zero-order valence-corrected chi connectivity index (χ0v) is 11.1. The van der Waals surface area contributed by atoms with Crippen molar-refractivity contribution in [2.45, 2.75) is 58.9 Å². The molecule has 0 bridgehead atoms. The molecule has 1 atom stereocenters. The van der Waals surface area contributed by atoms with Crippen molar-refractivity contribution in [1.29, 1.82) is 0 Å². The molecular weight excluding hydrogens is 214 g/mol.